The SMILES string of the molecule is CCn1c(C)c(C)c(=O)c(C(=O)O)c1-c1ccc(Cl)cc1. The normalized spacial score (nSPS) is 10.7. The molecule has 0 fully saturated rings. The molecule has 0 unspecified atom stereocenters. The van der Waals surface area contributed by atoms with E-state index in [9.17, 15) is 14.7 Å². The topological polar surface area (TPSA) is 59.3 Å². The molecule has 1 aromatic carbocycles. The van der Waals surface area contributed by atoms with E-state index < -0.39 is 11.4 Å². The van der Waals surface area contributed by atoms with Gasteiger partial charge in [-0.1, -0.05) is 23.7 Å². The van der Waals surface area contributed by atoms with Crippen molar-refractivity contribution >= 4 is 17.6 Å². The minimum absolute atomic E-state index is 0.192. The second-order valence-corrected chi connectivity index (χ2v) is 5.26. The van der Waals surface area contributed by atoms with Gasteiger partial charge in [0.2, 0.25) is 0 Å². The number of halogens is 1. The molecule has 4 nitrogen and oxygen atoms in total. The Hall–Kier alpha value is -2.07. The Labute approximate surface area is 127 Å². The summed E-state index contributed by atoms with van der Waals surface area (Å²) in [6, 6.07) is 6.82. The summed E-state index contributed by atoms with van der Waals surface area (Å²) in [5.74, 6) is -1.21. The number of aromatic nitrogens is 1. The minimum atomic E-state index is -1.21. The lowest BCUT2D eigenvalue weighted by molar-refractivity contribution is 0.0695. The van der Waals surface area contributed by atoms with Gasteiger partial charge in [0, 0.05) is 22.8 Å². The van der Waals surface area contributed by atoms with Crippen molar-refractivity contribution < 1.29 is 9.90 Å². The van der Waals surface area contributed by atoms with Crippen molar-refractivity contribution in [1.82, 2.24) is 4.57 Å². The number of aromatic carboxylic acids is 1. The van der Waals surface area contributed by atoms with E-state index in [-0.39, 0.29) is 5.56 Å². The number of rotatable bonds is 3. The fourth-order valence-corrected chi connectivity index (χ4v) is 2.59. The van der Waals surface area contributed by atoms with E-state index in [2.05, 4.69) is 0 Å². The summed E-state index contributed by atoms with van der Waals surface area (Å²) in [6.45, 7) is 5.97. The van der Waals surface area contributed by atoms with Crippen LogP contribution in [0.4, 0.5) is 0 Å². The number of pyridine rings is 1. The average molecular weight is 306 g/mol. The van der Waals surface area contributed by atoms with Crippen molar-refractivity contribution in [3.63, 3.8) is 0 Å². The summed E-state index contributed by atoms with van der Waals surface area (Å²) in [5.41, 5.74) is 1.70. The number of hydrogen-bond donors (Lipinski definition) is 1. The lowest BCUT2D eigenvalue weighted by Crippen LogP contribution is -2.25. The van der Waals surface area contributed by atoms with Crippen LogP contribution in [0.3, 0.4) is 0 Å². The van der Waals surface area contributed by atoms with Gasteiger partial charge in [0.25, 0.3) is 0 Å². The summed E-state index contributed by atoms with van der Waals surface area (Å²) in [4.78, 5) is 23.9. The summed E-state index contributed by atoms with van der Waals surface area (Å²) >= 11 is 5.88. The third kappa shape index (κ3) is 2.59. The predicted octanol–water partition coefficient (Wildman–Crippen LogP) is 3.50. The van der Waals surface area contributed by atoms with E-state index in [1.54, 1.807) is 31.2 Å². The molecule has 0 saturated heterocycles. The zero-order valence-electron chi connectivity index (χ0n) is 12.1. The summed E-state index contributed by atoms with van der Waals surface area (Å²) < 4.78 is 1.85. The van der Waals surface area contributed by atoms with Gasteiger partial charge < -0.3 is 9.67 Å². The summed E-state index contributed by atoms with van der Waals surface area (Å²) in [6.07, 6.45) is 0. The Morgan fingerprint density at radius 1 is 1.24 bits per heavy atom. The van der Waals surface area contributed by atoms with Gasteiger partial charge in [-0.05, 0) is 38.5 Å². The van der Waals surface area contributed by atoms with Gasteiger partial charge in [-0.3, -0.25) is 4.79 Å². The highest BCUT2D eigenvalue weighted by Crippen LogP contribution is 2.26. The van der Waals surface area contributed by atoms with Gasteiger partial charge in [-0.25, -0.2) is 4.79 Å². The maximum absolute atomic E-state index is 12.3. The van der Waals surface area contributed by atoms with Crippen LogP contribution in [0.2, 0.25) is 5.02 Å². The van der Waals surface area contributed by atoms with Crippen molar-refractivity contribution in [1.29, 1.82) is 0 Å². The van der Waals surface area contributed by atoms with Crippen molar-refractivity contribution in [3.05, 3.63) is 56.3 Å². The number of carbonyl (C=O) groups is 1. The van der Waals surface area contributed by atoms with Crippen molar-refractivity contribution in [3.8, 4) is 11.3 Å². The third-order valence-electron chi connectivity index (χ3n) is 3.67. The number of benzene rings is 1. The molecule has 5 heteroatoms. The van der Waals surface area contributed by atoms with Crippen molar-refractivity contribution in [2.45, 2.75) is 27.3 Å². The molecule has 0 spiro atoms. The molecule has 1 N–H and O–H groups in total. The first kappa shape index (κ1) is 15.3. The zero-order chi connectivity index (χ0) is 15.7. The zero-order valence-corrected chi connectivity index (χ0v) is 12.9. The molecule has 1 heterocycles. The number of nitrogens with zero attached hydrogens (tertiary/aromatic N) is 1. The average Bonchev–Trinajstić information content (AvgIpc) is 2.45. The van der Waals surface area contributed by atoms with Gasteiger partial charge >= 0.3 is 5.97 Å². The molecule has 2 aromatic rings. The monoisotopic (exact) mass is 305 g/mol. The molecule has 0 radical (unpaired) electrons. The van der Waals surface area contributed by atoms with E-state index >= 15 is 0 Å². The van der Waals surface area contributed by atoms with Crippen LogP contribution in [0.25, 0.3) is 11.3 Å². The Morgan fingerprint density at radius 3 is 2.29 bits per heavy atom. The van der Waals surface area contributed by atoms with Crippen LogP contribution in [-0.4, -0.2) is 15.6 Å². The first-order valence-electron chi connectivity index (χ1n) is 6.61. The highest BCUT2D eigenvalue weighted by atomic mass is 35.5. The molecule has 0 amide bonds. The van der Waals surface area contributed by atoms with E-state index in [4.69, 9.17) is 11.6 Å². The maximum atomic E-state index is 12.3. The lowest BCUT2D eigenvalue weighted by Gasteiger charge is -2.19. The van der Waals surface area contributed by atoms with Gasteiger partial charge in [0.1, 0.15) is 5.56 Å². The molecule has 1 aromatic heterocycles. The van der Waals surface area contributed by atoms with Crippen LogP contribution in [0.5, 0.6) is 0 Å². The van der Waals surface area contributed by atoms with Crippen molar-refractivity contribution in [2.24, 2.45) is 0 Å². The van der Waals surface area contributed by atoms with E-state index in [1.807, 2.05) is 18.4 Å². The van der Waals surface area contributed by atoms with Crippen LogP contribution in [0.1, 0.15) is 28.5 Å². The minimum Gasteiger partial charge on any atom is -0.477 e. The summed E-state index contributed by atoms with van der Waals surface area (Å²) in [7, 11) is 0. The fourth-order valence-electron chi connectivity index (χ4n) is 2.47. The molecule has 0 atom stereocenters. The van der Waals surface area contributed by atoms with Gasteiger partial charge in [0.15, 0.2) is 5.43 Å². The Balaban J connectivity index is 2.94. The van der Waals surface area contributed by atoms with E-state index in [0.717, 1.165) is 5.69 Å². The smallest absolute Gasteiger partial charge is 0.341 e. The molecule has 0 saturated carbocycles. The van der Waals surface area contributed by atoms with Gasteiger partial charge in [-0.15, -0.1) is 0 Å². The predicted molar refractivity (Wildman–Crippen MR) is 83.3 cm³/mol. The number of hydrogen-bond acceptors (Lipinski definition) is 2. The van der Waals surface area contributed by atoms with E-state index in [0.29, 0.717) is 28.4 Å². The second kappa shape index (κ2) is 5.74. The van der Waals surface area contributed by atoms with Crippen molar-refractivity contribution in [2.75, 3.05) is 0 Å². The third-order valence-corrected chi connectivity index (χ3v) is 3.92. The Bertz CT molecular complexity index is 761. The largest absolute Gasteiger partial charge is 0.477 e. The second-order valence-electron chi connectivity index (χ2n) is 4.82. The van der Waals surface area contributed by atoms with Crippen LogP contribution >= 0.6 is 11.6 Å². The van der Waals surface area contributed by atoms with Gasteiger partial charge in [-0.2, -0.15) is 0 Å². The Kier molecular flexibility index (Phi) is 4.19. The highest BCUT2D eigenvalue weighted by molar-refractivity contribution is 6.30. The molecule has 2 rings (SSSR count). The molecular formula is C16H16ClNO3. The van der Waals surface area contributed by atoms with Crippen LogP contribution in [0, 0.1) is 13.8 Å². The highest BCUT2D eigenvalue weighted by Gasteiger charge is 2.22. The molecule has 0 aliphatic carbocycles. The quantitative estimate of drug-likeness (QED) is 0.944. The van der Waals surface area contributed by atoms with Crippen LogP contribution < -0.4 is 5.43 Å². The molecule has 0 aliphatic heterocycles. The van der Waals surface area contributed by atoms with Gasteiger partial charge in [0.05, 0.1) is 5.69 Å². The first-order valence-corrected chi connectivity index (χ1v) is 6.99. The summed E-state index contributed by atoms with van der Waals surface area (Å²) in [5, 5.41) is 10.0. The standard InChI is InChI=1S/C16H16ClNO3/c1-4-18-10(3)9(2)15(19)13(16(20)21)14(18)11-5-7-12(17)8-6-11/h5-8H,4H2,1-3H3,(H,20,21). The molecule has 0 bridgehead atoms. The maximum Gasteiger partial charge on any atom is 0.341 e. The fraction of sp³-hybridized carbons (Fsp3) is 0.250. The number of carboxylic acid groups (broad SMARTS) is 1. The van der Waals surface area contributed by atoms with E-state index in [1.165, 1.54) is 0 Å². The van der Waals surface area contributed by atoms with Crippen LogP contribution in [0.15, 0.2) is 29.1 Å². The number of carboxylic acids is 1. The molecule has 0 aliphatic rings. The first-order chi connectivity index (χ1) is 9.88. The van der Waals surface area contributed by atoms with Crippen LogP contribution in [-0.2, 0) is 6.54 Å². The molecule has 110 valence electrons. The molecular weight excluding hydrogens is 290 g/mol. The molecule has 21 heavy (non-hydrogen) atoms. The lowest BCUT2D eigenvalue weighted by atomic mass is 10.0. The Morgan fingerprint density at radius 2 is 1.81 bits per heavy atom.